The number of methoxy groups -OCH3 is 1. The number of nitrogens with zero attached hydrogens (tertiary/aromatic N) is 1. The third kappa shape index (κ3) is 5.32. The van der Waals surface area contributed by atoms with Gasteiger partial charge in [-0.15, -0.1) is 6.42 Å². The molecule has 39 heavy (non-hydrogen) atoms. The summed E-state index contributed by atoms with van der Waals surface area (Å²) in [5.74, 6) is 1.91. The Bertz CT molecular complexity index is 1420. The summed E-state index contributed by atoms with van der Waals surface area (Å²) in [6.07, 6.45) is -0.387. The number of ether oxygens (including phenoxy) is 5. The van der Waals surface area contributed by atoms with Gasteiger partial charge in [0.2, 0.25) is 12.4 Å². The van der Waals surface area contributed by atoms with E-state index in [-0.39, 0.29) is 34.6 Å². The van der Waals surface area contributed by atoms with Crippen LogP contribution in [0.3, 0.4) is 0 Å². The Morgan fingerprint density at radius 2 is 1.97 bits per heavy atom. The Labute approximate surface area is 221 Å². The van der Waals surface area contributed by atoms with Crippen molar-refractivity contribution < 1.29 is 52.5 Å². The van der Waals surface area contributed by atoms with E-state index in [1.54, 1.807) is 20.8 Å². The summed E-state index contributed by atoms with van der Waals surface area (Å²) in [7, 11) is 1.47. The second-order valence-corrected chi connectivity index (χ2v) is 9.11. The highest BCUT2D eigenvalue weighted by Crippen LogP contribution is 2.40. The van der Waals surface area contributed by atoms with Crippen LogP contribution in [0.15, 0.2) is 26.5 Å². The molecule has 0 unspecified atom stereocenters. The fourth-order valence-corrected chi connectivity index (χ4v) is 4.42. The molecule has 2 N–H and O–H groups in total. The Kier molecular flexibility index (Phi) is 7.68. The van der Waals surface area contributed by atoms with Crippen LogP contribution < -0.4 is 15.8 Å². The Morgan fingerprint density at radius 3 is 2.67 bits per heavy atom. The van der Waals surface area contributed by atoms with Crippen LogP contribution in [0.5, 0.6) is 11.5 Å². The summed E-state index contributed by atoms with van der Waals surface area (Å²) >= 11 is 0. The minimum absolute atomic E-state index is 0.0222. The maximum Gasteiger partial charge on any atom is 0.509 e. The lowest BCUT2D eigenvalue weighted by molar-refractivity contribution is -0.282. The number of aromatic hydroxyl groups is 1. The van der Waals surface area contributed by atoms with E-state index in [0.717, 1.165) is 0 Å². The van der Waals surface area contributed by atoms with E-state index >= 15 is 0 Å². The fourth-order valence-electron chi connectivity index (χ4n) is 4.42. The first kappa shape index (κ1) is 27.7. The molecule has 4 rings (SSSR count). The molecule has 1 amide bonds. The van der Waals surface area contributed by atoms with Crippen LogP contribution in [-0.4, -0.2) is 67.0 Å². The second kappa shape index (κ2) is 10.8. The first-order chi connectivity index (χ1) is 18.5. The molecule has 2 fully saturated rings. The summed E-state index contributed by atoms with van der Waals surface area (Å²) in [5, 5.41) is 14.5. The number of carbonyl (C=O) groups is 2. The number of terminal acetylenes is 1. The quantitative estimate of drug-likeness (QED) is 0.0988. The topological polar surface area (TPSA) is 174 Å². The van der Waals surface area contributed by atoms with Gasteiger partial charge in [0, 0.05) is 12.7 Å². The highest BCUT2D eigenvalue weighted by molar-refractivity contribution is 6.05. The molecule has 14 heteroatoms. The van der Waals surface area contributed by atoms with E-state index < -0.39 is 53.8 Å². The normalized spacial score (nSPS) is 23.8. The zero-order valence-corrected chi connectivity index (χ0v) is 21.6. The van der Waals surface area contributed by atoms with Gasteiger partial charge < -0.3 is 33.2 Å². The number of hydrogen-bond acceptors (Lipinski definition) is 13. The lowest BCUT2D eigenvalue weighted by Crippen LogP contribution is -2.62. The standard InChI is InChI=1S/C25H26N2O12/c1-7-10-33-27-23(30)39-26-12(3)15-16(28)13-8-9-14(11(2)17(13)35-21(15)29)34-22-19-18(36-24(31)37-19)20(32-6)25(4,5)38-22/h1,8-9,18-20,22,28H,10H2,2-6H3,(H,27,30)/b26-12+/t18-,19+,20+,22+/m0/s1. The number of benzene rings is 1. The summed E-state index contributed by atoms with van der Waals surface area (Å²) in [4.78, 5) is 45.4. The molecule has 0 saturated carbocycles. The lowest BCUT2D eigenvalue weighted by Gasteiger charge is -2.45. The number of nitrogens with one attached hydrogen (secondary N) is 1. The van der Waals surface area contributed by atoms with Gasteiger partial charge in [0.25, 0.3) is 0 Å². The zero-order valence-electron chi connectivity index (χ0n) is 21.6. The molecule has 1 aromatic carbocycles. The second-order valence-electron chi connectivity index (χ2n) is 9.11. The molecule has 0 radical (unpaired) electrons. The maximum atomic E-state index is 12.8. The molecule has 1 aromatic heterocycles. The van der Waals surface area contributed by atoms with Crippen molar-refractivity contribution >= 4 is 28.9 Å². The van der Waals surface area contributed by atoms with Crippen LogP contribution in [0.4, 0.5) is 9.59 Å². The SMILES string of the molecule is C#CCONC(=O)O/N=C(\C)c1c(O)c2ccc(O[C@@H]3OC(C)(C)[C@H](OC)[C@H]4OC(=O)O[C@@H]34)c(C)c2oc1=O. The molecule has 3 heterocycles. The number of oxime groups is 1. The predicted octanol–water partition coefficient (Wildman–Crippen LogP) is 2.25. The molecule has 0 bridgehead atoms. The summed E-state index contributed by atoms with van der Waals surface area (Å²) in [5.41, 5.74) is -0.0876. The van der Waals surface area contributed by atoms with Crippen LogP contribution in [0.1, 0.15) is 31.9 Å². The number of aryl methyl sites for hydroxylation is 1. The van der Waals surface area contributed by atoms with E-state index in [0.29, 0.717) is 5.56 Å². The molecule has 2 aromatic rings. The van der Waals surface area contributed by atoms with Gasteiger partial charge in [0.1, 0.15) is 35.4 Å². The number of fused-ring (bicyclic) bond motifs is 2. The maximum absolute atomic E-state index is 12.8. The number of hydroxylamine groups is 1. The molecule has 208 valence electrons. The zero-order chi connectivity index (χ0) is 28.5. The Balaban J connectivity index is 1.62. The first-order valence-electron chi connectivity index (χ1n) is 11.6. The van der Waals surface area contributed by atoms with Crippen molar-refractivity contribution in [2.75, 3.05) is 13.7 Å². The van der Waals surface area contributed by atoms with E-state index in [2.05, 4.69) is 20.8 Å². The van der Waals surface area contributed by atoms with Gasteiger partial charge in [0.15, 0.2) is 6.10 Å². The van der Waals surface area contributed by atoms with Crippen molar-refractivity contribution in [1.29, 1.82) is 0 Å². The van der Waals surface area contributed by atoms with E-state index in [9.17, 15) is 19.5 Å². The summed E-state index contributed by atoms with van der Waals surface area (Å²) < 4.78 is 33.6. The van der Waals surface area contributed by atoms with Crippen molar-refractivity contribution in [2.24, 2.45) is 5.16 Å². The average molecular weight is 546 g/mol. The van der Waals surface area contributed by atoms with Gasteiger partial charge in [-0.1, -0.05) is 11.1 Å². The summed E-state index contributed by atoms with van der Waals surface area (Å²) in [6.45, 7) is 6.25. The Hall–Kier alpha value is -4.32. The molecule has 2 aliphatic rings. The largest absolute Gasteiger partial charge is 0.509 e. The van der Waals surface area contributed by atoms with E-state index in [4.69, 9.17) is 34.5 Å². The summed E-state index contributed by atoms with van der Waals surface area (Å²) in [6, 6.07) is 2.97. The third-order valence-electron chi connectivity index (χ3n) is 6.14. The van der Waals surface area contributed by atoms with Crippen LogP contribution >= 0.6 is 0 Å². The van der Waals surface area contributed by atoms with Crippen LogP contribution in [0.2, 0.25) is 0 Å². The van der Waals surface area contributed by atoms with Crippen LogP contribution in [-0.2, 0) is 28.6 Å². The van der Waals surface area contributed by atoms with Crippen molar-refractivity contribution in [3.05, 3.63) is 33.7 Å². The highest BCUT2D eigenvalue weighted by atomic mass is 16.8. The van der Waals surface area contributed by atoms with E-state index in [1.165, 1.54) is 26.2 Å². The molecule has 4 atom stereocenters. The minimum Gasteiger partial charge on any atom is -0.506 e. The number of carbonyl (C=O) groups excluding carboxylic acids is 2. The predicted molar refractivity (Wildman–Crippen MR) is 131 cm³/mol. The van der Waals surface area contributed by atoms with Gasteiger partial charge >= 0.3 is 17.9 Å². The smallest absolute Gasteiger partial charge is 0.506 e. The van der Waals surface area contributed by atoms with Gasteiger partial charge in [-0.2, -0.15) is 5.48 Å². The van der Waals surface area contributed by atoms with Gasteiger partial charge in [-0.05, 0) is 39.8 Å². The molecule has 2 aliphatic heterocycles. The number of amides is 1. The fraction of sp³-hybridized carbons (Fsp3) is 0.440. The van der Waals surface area contributed by atoms with Crippen LogP contribution in [0.25, 0.3) is 11.0 Å². The molecule has 0 spiro atoms. The molecule has 0 aliphatic carbocycles. The van der Waals surface area contributed by atoms with Gasteiger partial charge in [-0.3, -0.25) is 9.68 Å². The lowest BCUT2D eigenvalue weighted by atomic mass is 9.89. The number of hydrogen-bond donors (Lipinski definition) is 2. The van der Waals surface area contributed by atoms with Crippen molar-refractivity contribution in [3.63, 3.8) is 0 Å². The van der Waals surface area contributed by atoms with Crippen molar-refractivity contribution in [3.8, 4) is 23.8 Å². The van der Waals surface area contributed by atoms with Crippen molar-refractivity contribution in [2.45, 2.75) is 57.9 Å². The minimum atomic E-state index is -1.10. The number of rotatable bonds is 7. The molecule has 2 saturated heterocycles. The molecular formula is C25H26N2O12. The van der Waals surface area contributed by atoms with Gasteiger partial charge in [0.05, 0.1) is 16.7 Å². The van der Waals surface area contributed by atoms with Crippen molar-refractivity contribution in [1.82, 2.24) is 5.48 Å². The van der Waals surface area contributed by atoms with Crippen LogP contribution in [0, 0.1) is 19.3 Å². The highest BCUT2D eigenvalue weighted by Gasteiger charge is 2.59. The van der Waals surface area contributed by atoms with E-state index in [1.807, 2.05) is 5.48 Å². The van der Waals surface area contributed by atoms with Gasteiger partial charge in [-0.25, -0.2) is 14.4 Å². The first-order valence-corrected chi connectivity index (χ1v) is 11.6. The third-order valence-corrected chi connectivity index (χ3v) is 6.14. The molecular weight excluding hydrogens is 520 g/mol. The average Bonchev–Trinajstić information content (AvgIpc) is 3.25. The monoisotopic (exact) mass is 546 g/mol. The Morgan fingerprint density at radius 1 is 1.26 bits per heavy atom. The molecule has 14 nitrogen and oxygen atoms in total.